The minimum Gasteiger partial charge on any atom is -0.640 e. The van der Waals surface area contributed by atoms with Crippen molar-refractivity contribution in [2.75, 3.05) is 20.2 Å². The zero-order valence-electron chi connectivity index (χ0n) is 11.3. The Hall–Kier alpha value is 0.596. The summed E-state index contributed by atoms with van der Waals surface area (Å²) in [7, 11) is 1.85. The second-order valence-electron chi connectivity index (χ2n) is 3.36. The van der Waals surface area contributed by atoms with Crippen LogP contribution in [0.3, 0.4) is 0 Å². The number of nitrogens with two attached hydrogens (primary N) is 2. The van der Waals surface area contributed by atoms with Gasteiger partial charge in [0.2, 0.25) is 0 Å². The van der Waals surface area contributed by atoms with Crippen molar-refractivity contribution in [1.82, 2.24) is 5.32 Å². The van der Waals surface area contributed by atoms with Crippen LogP contribution in [0, 0.1) is 0 Å². The Morgan fingerprint density at radius 3 is 2.65 bits per heavy atom. The van der Waals surface area contributed by atoms with Crippen molar-refractivity contribution < 1.29 is 56.1 Å². The van der Waals surface area contributed by atoms with E-state index < -0.39 is 0 Å². The van der Waals surface area contributed by atoms with Gasteiger partial charge in [0, 0.05) is 6.61 Å². The third-order valence-electron chi connectivity index (χ3n) is 2.06. The fourth-order valence-electron chi connectivity index (χ4n) is 1.26. The molecule has 0 aliphatic rings. The van der Waals surface area contributed by atoms with Crippen LogP contribution in [0.25, 0.3) is 5.32 Å². The molecule has 0 saturated heterocycles. The van der Waals surface area contributed by atoms with Gasteiger partial charge in [-0.1, -0.05) is 6.17 Å². The van der Waals surface area contributed by atoms with Crippen LogP contribution in [0.1, 0.15) is 13.8 Å². The van der Waals surface area contributed by atoms with Crippen LogP contribution in [0.4, 0.5) is 0 Å². The molecule has 2 atom stereocenters. The molecule has 0 bridgehead atoms. The number of hydrogen-bond acceptors (Lipinski definition) is 4. The molecule has 17 heavy (non-hydrogen) atoms. The molecule has 0 aromatic carbocycles. The molecule has 5 nitrogen and oxygen atoms in total. The van der Waals surface area contributed by atoms with Crippen LogP contribution in [0.5, 0.6) is 0 Å². The largest absolute Gasteiger partial charge is 1.00 e. The monoisotopic (exact) mass is 266 g/mol. The fourth-order valence-corrected chi connectivity index (χ4v) is 1.26. The van der Waals surface area contributed by atoms with Gasteiger partial charge in [0.05, 0.1) is 6.10 Å². The van der Waals surface area contributed by atoms with E-state index in [0.717, 1.165) is 0 Å². The number of allylic oxidation sites excluding steroid dienone is 2. The van der Waals surface area contributed by atoms with Gasteiger partial charge in [-0.3, -0.25) is 0 Å². The van der Waals surface area contributed by atoms with Crippen molar-refractivity contribution in [1.29, 1.82) is 0 Å². The molecular weight excluding hydrogens is 243 g/mol. The first kappa shape index (κ1) is 19.9. The Morgan fingerprint density at radius 1 is 1.53 bits per heavy atom. The SMILES string of the molecule is CCOC(C)C([N-]C/C(N)=C/C=C\N)NC.[K+]. The molecule has 0 aliphatic heterocycles. The third-order valence-corrected chi connectivity index (χ3v) is 2.06. The maximum atomic E-state index is 5.73. The van der Waals surface area contributed by atoms with E-state index in [1.54, 1.807) is 12.2 Å². The Labute approximate surface area is 147 Å². The van der Waals surface area contributed by atoms with Gasteiger partial charge in [-0.05, 0) is 44.9 Å². The maximum Gasteiger partial charge on any atom is 1.00 e. The van der Waals surface area contributed by atoms with Gasteiger partial charge in [0.1, 0.15) is 0 Å². The van der Waals surface area contributed by atoms with Crippen molar-refractivity contribution in [2.45, 2.75) is 26.1 Å². The second kappa shape index (κ2) is 13.0. The van der Waals surface area contributed by atoms with Crippen molar-refractivity contribution in [3.05, 3.63) is 29.4 Å². The van der Waals surface area contributed by atoms with E-state index in [1.165, 1.54) is 6.20 Å². The third kappa shape index (κ3) is 10.2. The summed E-state index contributed by atoms with van der Waals surface area (Å²) in [6.45, 7) is 5.08. The Balaban J connectivity index is 0. The fraction of sp³-hybridized carbons (Fsp3) is 0.636. The van der Waals surface area contributed by atoms with E-state index >= 15 is 0 Å². The minimum absolute atomic E-state index is 0. The number of nitrogens with one attached hydrogen (secondary N) is 1. The predicted octanol–water partition coefficient (Wildman–Crippen LogP) is -2.35. The summed E-state index contributed by atoms with van der Waals surface area (Å²) < 4.78 is 5.46. The van der Waals surface area contributed by atoms with Crippen molar-refractivity contribution in [3.63, 3.8) is 0 Å². The van der Waals surface area contributed by atoms with E-state index in [1.807, 2.05) is 20.9 Å². The van der Waals surface area contributed by atoms with Crippen LogP contribution < -0.4 is 68.2 Å². The predicted molar refractivity (Wildman–Crippen MR) is 67.8 cm³/mol. The van der Waals surface area contributed by atoms with E-state index in [-0.39, 0.29) is 63.7 Å². The van der Waals surface area contributed by atoms with Crippen LogP contribution >= 0.6 is 0 Å². The average Bonchev–Trinajstić information content (AvgIpc) is 2.27. The van der Waals surface area contributed by atoms with E-state index in [9.17, 15) is 0 Å². The van der Waals surface area contributed by atoms with Gasteiger partial charge in [-0.15, -0.1) is 6.54 Å². The number of ether oxygens (including phenoxy) is 1. The minimum atomic E-state index is -0.0474. The summed E-state index contributed by atoms with van der Waals surface area (Å²) in [4.78, 5) is 0. The van der Waals surface area contributed by atoms with E-state index in [0.29, 0.717) is 18.8 Å². The molecule has 2 unspecified atom stereocenters. The maximum absolute atomic E-state index is 5.73. The average molecular weight is 266 g/mol. The van der Waals surface area contributed by atoms with Gasteiger partial charge < -0.3 is 26.8 Å². The number of rotatable bonds is 8. The molecule has 0 fully saturated rings. The first-order chi connectivity index (χ1) is 7.65. The molecule has 0 radical (unpaired) electrons. The molecule has 0 aromatic rings. The van der Waals surface area contributed by atoms with Crippen molar-refractivity contribution in [2.24, 2.45) is 11.5 Å². The van der Waals surface area contributed by atoms with Gasteiger partial charge in [-0.2, -0.15) is 0 Å². The summed E-state index contributed by atoms with van der Waals surface area (Å²) >= 11 is 0. The quantitative estimate of drug-likeness (QED) is 0.339. The molecule has 0 saturated carbocycles. The van der Waals surface area contributed by atoms with Crippen LogP contribution in [0.15, 0.2) is 24.0 Å². The first-order valence-corrected chi connectivity index (χ1v) is 5.44. The van der Waals surface area contributed by atoms with Crippen molar-refractivity contribution >= 4 is 0 Å². The Kier molecular flexibility index (Phi) is 15.3. The molecular formula is C11H23KN4O. The van der Waals surface area contributed by atoms with Crippen LogP contribution in [-0.2, 0) is 4.74 Å². The zero-order valence-corrected chi connectivity index (χ0v) is 14.4. The standard InChI is InChI=1S/C11H23N4O.K/c1-4-16-9(2)11(14-3)15-8-10(13)6-5-7-12;/h5-7,9,11,14H,4,8,12-13H2,1-3H3;/q-1;+1/b7-5-,10-6-;. The number of nitrogens with zero attached hydrogens (tertiary/aromatic N) is 1. The van der Waals surface area contributed by atoms with Gasteiger partial charge in [0.25, 0.3) is 0 Å². The number of hydrogen-bond donors (Lipinski definition) is 3. The van der Waals surface area contributed by atoms with E-state index in [2.05, 4.69) is 10.6 Å². The van der Waals surface area contributed by atoms with Gasteiger partial charge in [-0.25, -0.2) is 0 Å². The molecule has 0 aliphatic carbocycles. The molecule has 0 spiro atoms. The summed E-state index contributed by atoms with van der Waals surface area (Å²) in [5, 5.41) is 7.49. The topological polar surface area (TPSA) is 87.4 Å². The van der Waals surface area contributed by atoms with E-state index in [4.69, 9.17) is 16.2 Å². The Morgan fingerprint density at radius 2 is 2.18 bits per heavy atom. The smallest absolute Gasteiger partial charge is 0.640 e. The summed E-state index contributed by atoms with van der Waals surface area (Å²) in [6, 6.07) is 0. The molecule has 0 heterocycles. The zero-order chi connectivity index (χ0) is 12.4. The molecule has 0 rings (SSSR count). The molecule has 5 N–H and O–H groups in total. The summed E-state index contributed by atoms with van der Waals surface area (Å²) in [5.74, 6) is 0. The molecule has 0 aromatic heterocycles. The second-order valence-corrected chi connectivity index (χ2v) is 3.36. The summed E-state index contributed by atoms with van der Waals surface area (Å²) in [5.41, 5.74) is 11.6. The first-order valence-electron chi connectivity index (χ1n) is 5.44. The summed E-state index contributed by atoms with van der Waals surface area (Å²) in [6.07, 6.45) is 4.85. The molecule has 94 valence electrons. The van der Waals surface area contributed by atoms with Gasteiger partial charge >= 0.3 is 51.4 Å². The normalized spacial score (nSPS) is 15.6. The molecule has 6 heteroatoms. The Bertz CT molecular complexity index is 234. The van der Waals surface area contributed by atoms with Crippen LogP contribution in [-0.4, -0.2) is 32.5 Å². The van der Waals surface area contributed by atoms with Crippen LogP contribution in [0.2, 0.25) is 0 Å². The molecule has 0 amide bonds. The number of likely N-dealkylation sites (N-methyl/N-ethyl adjacent to an activating group) is 1. The van der Waals surface area contributed by atoms with Crippen molar-refractivity contribution in [3.8, 4) is 0 Å². The van der Waals surface area contributed by atoms with Gasteiger partial charge in [0.15, 0.2) is 0 Å².